The SMILES string of the molecule is Cc1ccc(-c2c(N(C)C)ccc(C3C=Cc4ccccc43)c2C=N)c(C)c1C. The van der Waals surface area contributed by atoms with Gasteiger partial charge in [-0.3, -0.25) is 0 Å². The fourth-order valence-electron chi connectivity index (χ4n) is 4.45. The van der Waals surface area contributed by atoms with Crippen LogP contribution >= 0.6 is 0 Å². The summed E-state index contributed by atoms with van der Waals surface area (Å²) in [4.78, 5) is 2.15. The second-order valence-electron chi connectivity index (χ2n) is 8.15. The third kappa shape index (κ3) is 3.09. The summed E-state index contributed by atoms with van der Waals surface area (Å²) in [5.41, 5.74) is 12.2. The molecule has 0 bridgehead atoms. The van der Waals surface area contributed by atoms with E-state index in [4.69, 9.17) is 5.41 Å². The van der Waals surface area contributed by atoms with Crippen molar-refractivity contribution in [3.05, 3.63) is 93.6 Å². The third-order valence-electron chi connectivity index (χ3n) is 6.35. The molecule has 0 radical (unpaired) electrons. The van der Waals surface area contributed by atoms with Crippen LogP contribution in [0.25, 0.3) is 17.2 Å². The smallest absolute Gasteiger partial charge is 0.0447 e. The summed E-state index contributed by atoms with van der Waals surface area (Å²) >= 11 is 0. The summed E-state index contributed by atoms with van der Waals surface area (Å²) in [5.74, 6) is 0.185. The number of allylic oxidation sites excluding steroid dienone is 1. The molecule has 1 aliphatic carbocycles. The van der Waals surface area contributed by atoms with E-state index in [9.17, 15) is 0 Å². The van der Waals surface area contributed by atoms with E-state index in [0.717, 1.165) is 16.8 Å². The molecule has 0 heterocycles. The molecule has 29 heavy (non-hydrogen) atoms. The van der Waals surface area contributed by atoms with Crippen molar-refractivity contribution in [2.75, 3.05) is 19.0 Å². The second kappa shape index (κ2) is 7.36. The molecule has 0 aliphatic heterocycles. The highest BCUT2D eigenvalue weighted by molar-refractivity contribution is 5.98. The number of benzene rings is 3. The first kappa shape index (κ1) is 19.2. The summed E-state index contributed by atoms with van der Waals surface area (Å²) in [5, 5.41) is 8.36. The number of hydrogen-bond acceptors (Lipinski definition) is 2. The first-order chi connectivity index (χ1) is 13.9. The average Bonchev–Trinajstić information content (AvgIpc) is 3.15. The molecule has 2 nitrogen and oxygen atoms in total. The summed E-state index contributed by atoms with van der Waals surface area (Å²) in [7, 11) is 4.15. The van der Waals surface area contributed by atoms with Crippen molar-refractivity contribution in [2.24, 2.45) is 0 Å². The lowest BCUT2D eigenvalue weighted by atomic mass is 9.83. The predicted molar refractivity (Wildman–Crippen MR) is 126 cm³/mol. The van der Waals surface area contributed by atoms with E-state index < -0.39 is 0 Å². The molecule has 0 spiro atoms. The van der Waals surface area contributed by atoms with Crippen LogP contribution in [-0.4, -0.2) is 20.3 Å². The number of fused-ring (bicyclic) bond motifs is 1. The maximum absolute atomic E-state index is 8.36. The van der Waals surface area contributed by atoms with Crippen LogP contribution in [0.2, 0.25) is 0 Å². The molecule has 0 saturated heterocycles. The molecule has 1 atom stereocenters. The van der Waals surface area contributed by atoms with Gasteiger partial charge in [0.2, 0.25) is 0 Å². The van der Waals surface area contributed by atoms with Gasteiger partial charge >= 0.3 is 0 Å². The minimum Gasteiger partial charge on any atom is -0.377 e. The van der Waals surface area contributed by atoms with Crippen molar-refractivity contribution < 1.29 is 0 Å². The Kier molecular flexibility index (Phi) is 4.87. The lowest BCUT2D eigenvalue weighted by Crippen LogP contribution is -2.13. The summed E-state index contributed by atoms with van der Waals surface area (Å²) in [6.07, 6.45) is 6.01. The minimum atomic E-state index is 0.185. The van der Waals surface area contributed by atoms with Gasteiger partial charge in [0.05, 0.1) is 0 Å². The van der Waals surface area contributed by atoms with Gasteiger partial charge in [-0.05, 0) is 65.8 Å². The number of aryl methyl sites for hydroxylation is 1. The fourth-order valence-corrected chi connectivity index (χ4v) is 4.45. The van der Waals surface area contributed by atoms with Crippen LogP contribution in [-0.2, 0) is 0 Å². The van der Waals surface area contributed by atoms with E-state index in [1.54, 1.807) is 6.21 Å². The molecule has 3 aromatic rings. The second-order valence-corrected chi connectivity index (χ2v) is 8.15. The third-order valence-corrected chi connectivity index (χ3v) is 6.35. The highest BCUT2D eigenvalue weighted by atomic mass is 15.1. The van der Waals surface area contributed by atoms with Crippen LogP contribution in [0.3, 0.4) is 0 Å². The lowest BCUT2D eigenvalue weighted by Gasteiger charge is -2.25. The summed E-state index contributed by atoms with van der Waals surface area (Å²) in [6.45, 7) is 6.54. The summed E-state index contributed by atoms with van der Waals surface area (Å²) < 4.78 is 0. The van der Waals surface area contributed by atoms with Gasteiger partial charge < -0.3 is 10.3 Å². The van der Waals surface area contributed by atoms with E-state index in [0.29, 0.717) is 0 Å². The molecule has 1 aliphatic rings. The summed E-state index contributed by atoms with van der Waals surface area (Å²) in [6, 6.07) is 17.4. The van der Waals surface area contributed by atoms with Crippen molar-refractivity contribution in [3.63, 3.8) is 0 Å². The number of hydrogen-bond donors (Lipinski definition) is 1. The van der Waals surface area contributed by atoms with Crippen molar-refractivity contribution in [2.45, 2.75) is 26.7 Å². The number of nitrogens with one attached hydrogen (secondary N) is 1. The molecule has 4 rings (SSSR count). The van der Waals surface area contributed by atoms with Crippen LogP contribution < -0.4 is 4.90 Å². The Balaban J connectivity index is 2.01. The van der Waals surface area contributed by atoms with Crippen molar-refractivity contribution >= 4 is 18.0 Å². The van der Waals surface area contributed by atoms with E-state index in [-0.39, 0.29) is 5.92 Å². The molecule has 1 unspecified atom stereocenters. The van der Waals surface area contributed by atoms with Gasteiger partial charge in [0, 0.05) is 43.0 Å². The van der Waals surface area contributed by atoms with Crippen LogP contribution in [0.5, 0.6) is 0 Å². The Morgan fingerprint density at radius 1 is 0.862 bits per heavy atom. The largest absolute Gasteiger partial charge is 0.377 e. The van der Waals surface area contributed by atoms with Gasteiger partial charge in [-0.25, -0.2) is 0 Å². The van der Waals surface area contributed by atoms with Gasteiger partial charge in [-0.15, -0.1) is 0 Å². The lowest BCUT2D eigenvalue weighted by molar-refractivity contribution is 1.04. The standard InChI is InChI=1S/C27H28N2/c1-17-10-12-21(19(3)18(17)2)27-25(16-28)24(14-15-26(27)29(4)5)23-13-11-20-8-6-7-9-22(20)23/h6-16,23,28H,1-5H3. The van der Waals surface area contributed by atoms with Crippen LogP contribution in [0.4, 0.5) is 5.69 Å². The Hall–Kier alpha value is -3.13. The quantitative estimate of drug-likeness (QED) is 0.514. The van der Waals surface area contributed by atoms with Crippen molar-refractivity contribution in [1.82, 2.24) is 0 Å². The van der Waals surface area contributed by atoms with Gasteiger partial charge in [0.15, 0.2) is 0 Å². The van der Waals surface area contributed by atoms with Crippen molar-refractivity contribution in [1.29, 1.82) is 5.41 Å². The normalized spacial score (nSPS) is 14.7. The minimum absolute atomic E-state index is 0.185. The molecular formula is C27H28N2. The molecule has 0 saturated carbocycles. The molecule has 0 aromatic heterocycles. The van der Waals surface area contributed by atoms with Crippen LogP contribution in [0.1, 0.15) is 44.9 Å². The monoisotopic (exact) mass is 380 g/mol. The molecule has 0 amide bonds. The van der Waals surface area contributed by atoms with E-state index in [2.05, 4.69) is 100 Å². The Bertz CT molecular complexity index is 1140. The highest BCUT2D eigenvalue weighted by Gasteiger charge is 2.25. The van der Waals surface area contributed by atoms with Gasteiger partial charge in [-0.2, -0.15) is 0 Å². The maximum atomic E-state index is 8.36. The zero-order chi connectivity index (χ0) is 20.7. The van der Waals surface area contributed by atoms with Gasteiger partial charge in [0.25, 0.3) is 0 Å². The van der Waals surface area contributed by atoms with Crippen molar-refractivity contribution in [3.8, 4) is 11.1 Å². The van der Waals surface area contributed by atoms with Gasteiger partial charge in [0.1, 0.15) is 0 Å². The van der Waals surface area contributed by atoms with Crippen LogP contribution in [0, 0.1) is 26.2 Å². The Morgan fingerprint density at radius 2 is 1.62 bits per heavy atom. The molecular weight excluding hydrogens is 352 g/mol. The Labute approximate surface area is 174 Å². The fraction of sp³-hybridized carbons (Fsp3) is 0.222. The molecule has 1 N–H and O–H groups in total. The average molecular weight is 381 g/mol. The first-order valence-corrected chi connectivity index (χ1v) is 10.1. The first-order valence-electron chi connectivity index (χ1n) is 10.1. The van der Waals surface area contributed by atoms with Gasteiger partial charge in [-0.1, -0.05) is 54.6 Å². The highest BCUT2D eigenvalue weighted by Crippen LogP contribution is 2.43. The zero-order valence-corrected chi connectivity index (χ0v) is 17.9. The topological polar surface area (TPSA) is 27.1 Å². The zero-order valence-electron chi connectivity index (χ0n) is 17.9. The van der Waals surface area contributed by atoms with Crippen LogP contribution in [0.15, 0.2) is 54.6 Å². The van der Waals surface area contributed by atoms with E-state index >= 15 is 0 Å². The molecule has 0 fully saturated rings. The predicted octanol–water partition coefficient (Wildman–Crippen LogP) is 6.50. The van der Waals surface area contributed by atoms with E-state index in [1.165, 1.54) is 38.9 Å². The molecule has 146 valence electrons. The molecule has 3 aromatic carbocycles. The number of nitrogens with zero attached hydrogens (tertiary/aromatic N) is 1. The Morgan fingerprint density at radius 3 is 2.34 bits per heavy atom. The van der Waals surface area contributed by atoms with E-state index in [1.807, 2.05) is 0 Å². The number of anilines is 1. The number of rotatable bonds is 4. The maximum Gasteiger partial charge on any atom is 0.0447 e. The molecule has 2 heteroatoms.